The first-order chi connectivity index (χ1) is 18.6. The van der Waals surface area contributed by atoms with E-state index in [9.17, 15) is 9.59 Å². The molecule has 2 aromatic carbocycles. The number of furan rings is 1. The Morgan fingerprint density at radius 2 is 1.77 bits per heavy atom. The third-order valence-corrected chi connectivity index (χ3v) is 6.76. The van der Waals surface area contributed by atoms with Crippen molar-refractivity contribution < 1.29 is 13.9 Å². The maximum absolute atomic E-state index is 14.0. The number of para-hydroxylation sites is 3. The van der Waals surface area contributed by atoms with Crippen molar-refractivity contribution in [3.05, 3.63) is 88.9 Å². The van der Waals surface area contributed by atoms with Gasteiger partial charge in [-0.3, -0.25) is 14.2 Å². The fourth-order valence-corrected chi connectivity index (χ4v) is 5.27. The molecule has 1 amide bonds. The number of hydrogen-bond acceptors (Lipinski definition) is 5. The van der Waals surface area contributed by atoms with Crippen LogP contribution < -0.4 is 10.3 Å². The molecule has 0 saturated carbocycles. The predicted octanol–water partition coefficient (Wildman–Crippen LogP) is 6.93. The van der Waals surface area contributed by atoms with Gasteiger partial charge in [0.05, 0.1) is 42.0 Å². The van der Waals surface area contributed by atoms with Gasteiger partial charge in [-0.15, -0.1) is 0 Å². The lowest BCUT2D eigenvalue weighted by atomic mass is 9.84. The average Bonchev–Trinajstić information content (AvgIpc) is 3.40. The quantitative estimate of drug-likeness (QED) is 0.223. The second kappa shape index (κ2) is 11.9. The third kappa shape index (κ3) is 6.59. The van der Waals surface area contributed by atoms with Gasteiger partial charge in [0.15, 0.2) is 0 Å². The molecule has 0 aliphatic heterocycles. The van der Waals surface area contributed by atoms with Gasteiger partial charge in [0.1, 0.15) is 17.3 Å². The van der Waals surface area contributed by atoms with Gasteiger partial charge in [-0.25, -0.2) is 4.98 Å². The zero-order chi connectivity index (χ0) is 28.2. The SMILES string of the molecule is CCOc1ccccc1-n1c(C(C)N(Cc2ccco2)C(=O)CC(C)CC(C)(C)C)nc2ccccc2c1=O. The Kier molecular flexibility index (Phi) is 8.58. The van der Waals surface area contributed by atoms with Crippen molar-refractivity contribution in [2.45, 2.75) is 67.0 Å². The lowest BCUT2D eigenvalue weighted by Gasteiger charge is -2.32. The van der Waals surface area contributed by atoms with E-state index in [1.165, 1.54) is 0 Å². The van der Waals surface area contributed by atoms with Crippen molar-refractivity contribution in [3.63, 3.8) is 0 Å². The minimum absolute atomic E-state index is 0.0114. The third-order valence-electron chi connectivity index (χ3n) is 6.76. The van der Waals surface area contributed by atoms with Gasteiger partial charge in [-0.05, 0) is 68.0 Å². The Labute approximate surface area is 230 Å². The van der Waals surface area contributed by atoms with Gasteiger partial charge in [0.2, 0.25) is 5.91 Å². The Morgan fingerprint density at radius 3 is 2.46 bits per heavy atom. The Morgan fingerprint density at radius 1 is 1.05 bits per heavy atom. The van der Waals surface area contributed by atoms with E-state index in [-0.39, 0.29) is 29.3 Å². The smallest absolute Gasteiger partial charge is 0.266 e. The summed E-state index contributed by atoms with van der Waals surface area (Å²) in [7, 11) is 0. The summed E-state index contributed by atoms with van der Waals surface area (Å²) in [6.07, 6.45) is 2.91. The largest absolute Gasteiger partial charge is 0.492 e. The molecule has 0 N–H and O–H groups in total. The normalized spacial score (nSPS) is 13.3. The van der Waals surface area contributed by atoms with Crippen molar-refractivity contribution in [2.75, 3.05) is 6.61 Å². The molecule has 7 heteroatoms. The van der Waals surface area contributed by atoms with E-state index in [0.29, 0.717) is 47.0 Å². The molecule has 2 unspecified atom stereocenters. The number of carbonyl (C=O) groups excluding carboxylic acids is 1. The zero-order valence-electron chi connectivity index (χ0n) is 23.8. The summed E-state index contributed by atoms with van der Waals surface area (Å²) in [6, 6.07) is 17.9. The topological polar surface area (TPSA) is 77.6 Å². The van der Waals surface area contributed by atoms with Crippen LogP contribution in [-0.2, 0) is 11.3 Å². The fourth-order valence-electron chi connectivity index (χ4n) is 5.27. The van der Waals surface area contributed by atoms with Crippen molar-refractivity contribution in [3.8, 4) is 11.4 Å². The van der Waals surface area contributed by atoms with Gasteiger partial charge in [-0.2, -0.15) is 0 Å². The molecule has 0 aliphatic carbocycles. The van der Waals surface area contributed by atoms with E-state index < -0.39 is 6.04 Å². The van der Waals surface area contributed by atoms with E-state index >= 15 is 0 Å². The highest BCUT2D eigenvalue weighted by Crippen LogP contribution is 2.31. The second-order valence-corrected chi connectivity index (χ2v) is 11.4. The molecule has 0 bridgehead atoms. The van der Waals surface area contributed by atoms with Crippen LogP contribution in [0.2, 0.25) is 0 Å². The van der Waals surface area contributed by atoms with Gasteiger partial charge < -0.3 is 14.1 Å². The molecule has 4 aromatic rings. The molecule has 39 heavy (non-hydrogen) atoms. The van der Waals surface area contributed by atoms with Crippen LogP contribution >= 0.6 is 0 Å². The van der Waals surface area contributed by atoms with Crippen LogP contribution in [0.1, 0.15) is 72.0 Å². The molecule has 2 atom stereocenters. The number of amides is 1. The number of fused-ring (bicyclic) bond motifs is 1. The van der Waals surface area contributed by atoms with Gasteiger partial charge in [0, 0.05) is 6.42 Å². The minimum atomic E-state index is -0.531. The zero-order valence-corrected chi connectivity index (χ0v) is 23.8. The molecular weight excluding hydrogens is 490 g/mol. The van der Waals surface area contributed by atoms with E-state index in [4.69, 9.17) is 14.1 Å². The highest BCUT2D eigenvalue weighted by molar-refractivity contribution is 5.79. The molecule has 7 nitrogen and oxygen atoms in total. The van der Waals surface area contributed by atoms with Crippen molar-refractivity contribution in [2.24, 2.45) is 11.3 Å². The first kappa shape index (κ1) is 28.1. The molecule has 0 aliphatic rings. The van der Waals surface area contributed by atoms with E-state index in [1.54, 1.807) is 21.8 Å². The maximum atomic E-state index is 14.0. The lowest BCUT2D eigenvalue weighted by molar-refractivity contribution is -0.135. The number of nitrogens with zero attached hydrogens (tertiary/aromatic N) is 3. The number of ether oxygens (including phenoxy) is 1. The Balaban J connectivity index is 1.86. The Bertz CT molecular complexity index is 1470. The van der Waals surface area contributed by atoms with Crippen molar-refractivity contribution in [1.29, 1.82) is 0 Å². The summed E-state index contributed by atoms with van der Waals surface area (Å²) in [5.41, 5.74) is 1.08. The summed E-state index contributed by atoms with van der Waals surface area (Å²) in [5, 5.41) is 0.502. The van der Waals surface area contributed by atoms with Crippen LogP contribution in [-0.4, -0.2) is 27.0 Å². The van der Waals surface area contributed by atoms with Crippen LogP contribution in [0.25, 0.3) is 16.6 Å². The molecule has 0 saturated heterocycles. The standard InChI is InChI=1S/C32H39N3O4/c1-7-38-28-17-11-10-16-27(28)35-30(33-26-15-9-8-14-25(26)31(35)37)23(3)34(21-24-13-12-18-39-24)29(36)19-22(2)20-32(4,5)6/h8-18,22-23H,7,19-21H2,1-6H3. The first-order valence-corrected chi connectivity index (χ1v) is 13.6. The molecule has 4 rings (SSSR count). The monoisotopic (exact) mass is 529 g/mol. The molecule has 2 heterocycles. The molecule has 0 fully saturated rings. The number of benzene rings is 2. The second-order valence-electron chi connectivity index (χ2n) is 11.4. The minimum Gasteiger partial charge on any atom is -0.492 e. The number of carbonyl (C=O) groups is 1. The predicted molar refractivity (Wildman–Crippen MR) is 154 cm³/mol. The molecule has 2 aromatic heterocycles. The first-order valence-electron chi connectivity index (χ1n) is 13.6. The fraction of sp³-hybridized carbons (Fsp3) is 0.406. The van der Waals surface area contributed by atoms with E-state index in [2.05, 4.69) is 27.7 Å². The molecule has 0 spiro atoms. The molecule has 0 radical (unpaired) electrons. The highest BCUT2D eigenvalue weighted by atomic mass is 16.5. The summed E-state index contributed by atoms with van der Waals surface area (Å²) in [5.74, 6) is 1.89. The van der Waals surface area contributed by atoms with Crippen LogP contribution in [0.5, 0.6) is 5.75 Å². The van der Waals surface area contributed by atoms with Crippen LogP contribution in [0, 0.1) is 11.3 Å². The van der Waals surface area contributed by atoms with E-state index in [0.717, 1.165) is 6.42 Å². The van der Waals surface area contributed by atoms with Gasteiger partial charge >= 0.3 is 0 Å². The van der Waals surface area contributed by atoms with Gasteiger partial charge in [-0.1, -0.05) is 52.0 Å². The molecule has 206 valence electrons. The van der Waals surface area contributed by atoms with Crippen LogP contribution in [0.4, 0.5) is 0 Å². The number of rotatable bonds is 10. The summed E-state index contributed by atoms with van der Waals surface area (Å²) in [6.45, 7) is 13.2. The average molecular weight is 530 g/mol. The van der Waals surface area contributed by atoms with E-state index in [1.807, 2.05) is 68.4 Å². The molecular formula is C32H39N3O4. The maximum Gasteiger partial charge on any atom is 0.266 e. The summed E-state index contributed by atoms with van der Waals surface area (Å²) >= 11 is 0. The van der Waals surface area contributed by atoms with Crippen LogP contribution in [0.3, 0.4) is 0 Å². The van der Waals surface area contributed by atoms with Crippen LogP contribution in [0.15, 0.2) is 76.1 Å². The van der Waals surface area contributed by atoms with Gasteiger partial charge in [0.25, 0.3) is 5.56 Å². The number of hydrogen-bond donors (Lipinski definition) is 0. The summed E-state index contributed by atoms with van der Waals surface area (Å²) < 4.78 is 13.1. The van der Waals surface area contributed by atoms with Crippen molar-refractivity contribution in [1.82, 2.24) is 14.5 Å². The summed E-state index contributed by atoms with van der Waals surface area (Å²) in [4.78, 5) is 34.6. The lowest BCUT2D eigenvalue weighted by Crippen LogP contribution is -2.38. The van der Waals surface area contributed by atoms with Crippen molar-refractivity contribution >= 4 is 16.8 Å². The Hall–Kier alpha value is -3.87. The number of aromatic nitrogens is 2. The highest BCUT2D eigenvalue weighted by Gasteiger charge is 2.30.